The van der Waals surface area contributed by atoms with Crippen LogP contribution < -0.4 is 0 Å². The molecule has 0 aliphatic rings. The van der Waals surface area contributed by atoms with Crippen molar-refractivity contribution in [1.29, 1.82) is 0 Å². The van der Waals surface area contributed by atoms with Crippen molar-refractivity contribution >= 4 is 33.1 Å². The summed E-state index contributed by atoms with van der Waals surface area (Å²) < 4.78 is 2.15. The largest absolute Gasteiger partial charge is 0.360 e. The average molecular weight is 330 g/mol. The number of fused-ring (bicyclic) bond motifs is 2. The van der Waals surface area contributed by atoms with Crippen LogP contribution in [0, 0.1) is 0 Å². The van der Waals surface area contributed by atoms with E-state index in [1.807, 2.05) is 18.5 Å². The molecule has 4 nitrogen and oxygen atoms in total. The van der Waals surface area contributed by atoms with Crippen molar-refractivity contribution in [2.45, 2.75) is 0 Å². The highest BCUT2D eigenvalue weighted by Crippen LogP contribution is 2.36. The van der Waals surface area contributed by atoms with E-state index in [2.05, 4.69) is 57.4 Å². The molecule has 0 saturated heterocycles. The monoisotopic (exact) mass is 330 g/mol. The Morgan fingerprint density at radius 3 is 2.96 bits per heavy atom. The number of H-pyrrole nitrogens is 1. The van der Waals surface area contributed by atoms with Crippen LogP contribution in [-0.4, -0.2) is 19.5 Å². The van der Waals surface area contributed by atoms with Crippen LogP contribution in [0.3, 0.4) is 0 Å². The van der Waals surface area contributed by atoms with Crippen molar-refractivity contribution in [3.05, 3.63) is 60.5 Å². The third-order valence-corrected chi connectivity index (χ3v) is 5.27. The fraction of sp³-hybridized carbons (Fsp3) is 0.0526. The van der Waals surface area contributed by atoms with Crippen molar-refractivity contribution < 1.29 is 0 Å². The maximum atomic E-state index is 4.89. The Morgan fingerprint density at radius 1 is 1.08 bits per heavy atom. The summed E-state index contributed by atoms with van der Waals surface area (Å²) in [5.41, 5.74) is 5.57. The lowest BCUT2D eigenvalue weighted by atomic mass is 10.1. The van der Waals surface area contributed by atoms with E-state index in [1.165, 1.54) is 16.5 Å². The summed E-state index contributed by atoms with van der Waals surface area (Å²) in [6.07, 6.45) is 7.85. The van der Waals surface area contributed by atoms with E-state index in [1.54, 1.807) is 17.5 Å². The van der Waals surface area contributed by atoms with Gasteiger partial charge in [0.05, 0.1) is 5.69 Å². The molecule has 0 bridgehead atoms. The first-order chi connectivity index (χ1) is 11.8. The van der Waals surface area contributed by atoms with Crippen molar-refractivity contribution in [3.8, 4) is 21.8 Å². The molecule has 0 radical (unpaired) electrons. The quantitative estimate of drug-likeness (QED) is 0.503. The van der Waals surface area contributed by atoms with Crippen molar-refractivity contribution in [2.24, 2.45) is 7.05 Å². The lowest BCUT2D eigenvalue weighted by molar-refractivity contribution is 0.970. The number of pyridine rings is 1. The summed E-state index contributed by atoms with van der Waals surface area (Å²) in [5, 5.41) is 5.50. The van der Waals surface area contributed by atoms with Crippen molar-refractivity contribution in [1.82, 2.24) is 19.5 Å². The van der Waals surface area contributed by atoms with E-state index < -0.39 is 0 Å². The molecule has 1 N–H and O–H groups in total. The Balaban J connectivity index is 1.67. The smallest absolute Gasteiger partial charge is 0.126 e. The maximum Gasteiger partial charge on any atom is 0.126 e. The second-order valence-electron chi connectivity index (χ2n) is 5.83. The number of nitrogens with zero attached hydrogens (tertiary/aromatic N) is 3. The number of aryl methyl sites for hydroxylation is 1. The Kier molecular flexibility index (Phi) is 2.84. The molecule has 1 aromatic carbocycles. The molecule has 0 saturated carbocycles. The Hall–Kier alpha value is -2.92. The summed E-state index contributed by atoms with van der Waals surface area (Å²) in [6, 6.07) is 10.4. The van der Waals surface area contributed by atoms with Crippen LogP contribution in [0.25, 0.3) is 43.6 Å². The van der Waals surface area contributed by atoms with E-state index in [0.29, 0.717) is 0 Å². The van der Waals surface area contributed by atoms with Crippen LogP contribution in [-0.2, 0) is 7.05 Å². The summed E-state index contributed by atoms with van der Waals surface area (Å²) >= 11 is 1.68. The van der Waals surface area contributed by atoms with Crippen LogP contribution in [0.2, 0.25) is 0 Å². The SMILES string of the molecule is Cn1cc(-c2nc(-c3c[nH]c4ccncc34)cs2)c2ccccc21. The van der Waals surface area contributed by atoms with Crippen LogP contribution >= 0.6 is 11.3 Å². The molecule has 116 valence electrons. The van der Waals surface area contributed by atoms with Gasteiger partial charge in [0.15, 0.2) is 0 Å². The zero-order chi connectivity index (χ0) is 16.1. The number of hydrogen-bond donors (Lipinski definition) is 1. The summed E-state index contributed by atoms with van der Waals surface area (Å²) in [5.74, 6) is 0. The fourth-order valence-electron chi connectivity index (χ4n) is 3.21. The van der Waals surface area contributed by atoms with E-state index in [9.17, 15) is 0 Å². The predicted molar refractivity (Wildman–Crippen MR) is 99.1 cm³/mol. The minimum atomic E-state index is 0.988. The second-order valence-corrected chi connectivity index (χ2v) is 6.69. The van der Waals surface area contributed by atoms with E-state index in [0.717, 1.165) is 27.2 Å². The molecule has 5 rings (SSSR count). The predicted octanol–water partition coefficient (Wildman–Crippen LogP) is 4.85. The fourth-order valence-corrected chi connectivity index (χ4v) is 4.05. The standard InChI is InChI=1S/C19H14N4S/c1-23-10-15(12-4-2-3-5-18(12)23)19-22-17(11-24-19)14-9-21-16-6-7-20-8-13(14)16/h2-11,21H,1H3. The van der Waals surface area contributed by atoms with Gasteiger partial charge in [-0.15, -0.1) is 11.3 Å². The van der Waals surface area contributed by atoms with Gasteiger partial charge in [-0.1, -0.05) is 18.2 Å². The molecular formula is C19H14N4S. The number of nitrogens with one attached hydrogen (secondary N) is 1. The number of aromatic nitrogens is 4. The van der Waals surface area contributed by atoms with Gasteiger partial charge in [0.25, 0.3) is 0 Å². The van der Waals surface area contributed by atoms with Gasteiger partial charge in [-0.25, -0.2) is 4.98 Å². The first-order valence-corrected chi connectivity index (χ1v) is 8.60. The normalized spacial score (nSPS) is 11.5. The first-order valence-electron chi connectivity index (χ1n) is 7.73. The van der Waals surface area contributed by atoms with Crippen LogP contribution in [0.5, 0.6) is 0 Å². The zero-order valence-corrected chi connectivity index (χ0v) is 13.8. The maximum absolute atomic E-state index is 4.89. The molecule has 0 aliphatic heterocycles. The second kappa shape index (κ2) is 5.04. The highest BCUT2D eigenvalue weighted by atomic mass is 32.1. The summed E-state index contributed by atoms with van der Waals surface area (Å²) in [4.78, 5) is 12.4. The lowest BCUT2D eigenvalue weighted by Gasteiger charge is -1.95. The van der Waals surface area contributed by atoms with Gasteiger partial charge in [0.2, 0.25) is 0 Å². The van der Waals surface area contributed by atoms with Gasteiger partial charge in [-0.3, -0.25) is 4.98 Å². The summed E-state index contributed by atoms with van der Waals surface area (Å²) in [7, 11) is 2.08. The third-order valence-electron chi connectivity index (χ3n) is 4.39. The van der Waals surface area contributed by atoms with Crippen molar-refractivity contribution in [3.63, 3.8) is 0 Å². The molecular weight excluding hydrogens is 316 g/mol. The van der Waals surface area contributed by atoms with Gasteiger partial charge in [-0.2, -0.15) is 0 Å². The van der Waals surface area contributed by atoms with Gasteiger partial charge in [0, 0.05) is 70.1 Å². The Labute approximate surface area is 142 Å². The average Bonchev–Trinajstić information content (AvgIpc) is 3.32. The third kappa shape index (κ3) is 1.91. The molecule has 0 spiro atoms. The highest BCUT2D eigenvalue weighted by Gasteiger charge is 2.14. The number of para-hydroxylation sites is 1. The van der Waals surface area contributed by atoms with Gasteiger partial charge in [0.1, 0.15) is 5.01 Å². The van der Waals surface area contributed by atoms with E-state index >= 15 is 0 Å². The first kappa shape index (κ1) is 13.5. The minimum Gasteiger partial charge on any atom is -0.360 e. The topological polar surface area (TPSA) is 46.5 Å². The summed E-state index contributed by atoms with van der Waals surface area (Å²) in [6.45, 7) is 0. The molecule has 5 heteroatoms. The van der Waals surface area contributed by atoms with Crippen LogP contribution in [0.15, 0.2) is 60.5 Å². The van der Waals surface area contributed by atoms with E-state index in [4.69, 9.17) is 4.98 Å². The number of hydrogen-bond acceptors (Lipinski definition) is 3. The van der Waals surface area contributed by atoms with Gasteiger partial charge in [-0.05, 0) is 12.1 Å². The minimum absolute atomic E-state index is 0.988. The molecule has 0 atom stereocenters. The Bertz CT molecular complexity index is 1180. The molecule has 0 amide bonds. The number of rotatable bonds is 2. The Morgan fingerprint density at radius 2 is 2.00 bits per heavy atom. The van der Waals surface area contributed by atoms with Gasteiger partial charge < -0.3 is 9.55 Å². The molecule has 5 aromatic rings. The number of benzene rings is 1. The molecule has 0 unspecified atom stereocenters. The molecule has 0 aliphatic carbocycles. The number of thiazole rings is 1. The highest BCUT2D eigenvalue weighted by molar-refractivity contribution is 7.13. The van der Waals surface area contributed by atoms with Crippen LogP contribution in [0.1, 0.15) is 0 Å². The van der Waals surface area contributed by atoms with Gasteiger partial charge >= 0.3 is 0 Å². The molecule has 0 fully saturated rings. The van der Waals surface area contributed by atoms with Crippen molar-refractivity contribution in [2.75, 3.05) is 0 Å². The number of aromatic amines is 1. The van der Waals surface area contributed by atoms with E-state index in [-0.39, 0.29) is 0 Å². The van der Waals surface area contributed by atoms with Crippen LogP contribution in [0.4, 0.5) is 0 Å². The zero-order valence-electron chi connectivity index (χ0n) is 13.0. The molecule has 24 heavy (non-hydrogen) atoms. The molecule has 4 heterocycles. The lowest BCUT2D eigenvalue weighted by Crippen LogP contribution is -1.81. The molecule has 4 aromatic heterocycles.